The van der Waals surface area contributed by atoms with Gasteiger partial charge in [0.15, 0.2) is 0 Å². The summed E-state index contributed by atoms with van der Waals surface area (Å²) in [6.45, 7) is 1.24. The highest BCUT2D eigenvalue weighted by Crippen LogP contribution is 2.03. The van der Waals surface area contributed by atoms with Gasteiger partial charge in [-0.1, -0.05) is 11.6 Å². The number of hydrogen-bond donors (Lipinski definition) is 0. The minimum atomic E-state index is -0.480. The van der Waals surface area contributed by atoms with Crippen molar-refractivity contribution in [3.63, 3.8) is 0 Å². The standard InChI is InChI=1S/C4H4Cl2O2/c1-3(7)8-4(6)2-5/h2H,1H3. The molecular weight excluding hydrogens is 151 g/mol. The molecule has 0 atom stereocenters. The number of rotatable bonds is 1. The minimum absolute atomic E-state index is 0.112. The predicted octanol–water partition coefficient (Wildman–Crippen LogP) is 1.83. The molecule has 0 aliphatic rings. The molecule has 0 aromatic carbocycles. The number of esters is 1. The number of halogens is 2. The first-order valence-electron chi connectivity index (χ1n) is 1.81. The molecule has 4 heteroatoms. The maximum Gasteiger partial charge on any atom is 0.308 e. The lowest BCUT2D eigenvalue weighted by molar-refractivity contribution is -0.135. The van der Waals surface area contributed by atoms with Gasteiger partial charge in [0.2, 0.25) is 5.22 Å². The molecule has 0 radical (unpaired) electrons. The van der Waals surface area contributed by atoms with E-state index in [0.29, 0.717) is 0 Å². The van der Waals surface area contributed by atoms with E-state index in [9.17, 15) is 4.79 Å². The molecule has 0 saturated heterocycles. The highest BCUT2D eigenvalue weighted by molar-refractivity contribution is 6.35. The Morgan fingerprint density at radius 3 is 2.38 bits per heavy atom. The Morgan fingerprint density at radius 2 is 2.25 bits per heavy atom. The molecule has 0 aromatic rings. The van der Waals surface area contributed by atoms with E-state index >= 15 is 0 Å². The Kier molecular flexibility index (Phi) is 3.65. The summed E-state index contributed by atoms with van der Waals surface area (Å²) in [7, 11) is 0. The summed E-state index contributed by atoms with van der Waals surface area (Å²) in [5.41, 5.74) is 0.975. The first kappa shape index (κ1) is 7.79. The van der Waals surface area contributed by atoms with Crippen LogP contribution < -0.4 is 0 Å². The molecule has 0 saturated carbocycles. The van der Waals surface area contributed by atoms with Crippen LogP contribution in [0.1, 0.15) is 6.92 Å². The van der Waals surface area contributed by atoms with Gasteiger partial charge in [-0.3, -0.25) is 4.79 Å². The number of carbonyl (C=O) groups excluding carboxylic acids is 1. The van der Waals surface area contributed by atoms with Gasteiger partial charge in [-0.25, -0.2) is 0 Å². The van der Waals surface area contributed by atoms with Crippen LogP contribution in [-0.2, 0) is 9.53 Å². The second-order valence-corrected chi connectivity index (χ2v) is 1.60. The van der Waals surface area contributed by atoms with E-state index < -0.39 is 5.97 Å². The van der Waals surface area contributed by atoms with Crippen molar-refractivity contribution in [3.8, 4) is 0 Å². The normalized spacial score (nSPS) is 11.1. The molecule has 0 unspecified atom stereocenters. The maximum absolute atomic E-state index is 10.0. The zero-order chi connectivity index (χ0) is 6.57. The van der Waals surface area contributed by atoms with E-state index in [1.165, 1.54) is 6.92 Å². The summed E-state index contributed by atoms with van der Waals surface area (Å²) in [5, 5.41) is -0.112. The van der Waals surface area contributed by atoms with Crippen LogP contribution in [0.4, 0.5) is 0 Å². The zero-order valence-electron chi connectivity index (χ0n) is 4.15. The number of ether oxygens (including phenoxy) is 1. The summed E-state index contributed by atoms with van der Waals surface area (Å²) in [5.74, 6) is -0.480. The lowest BCUT2D eigenvalue weighted by Crippen LogP contribution is -1.92. The summed E-state index contributed by atoms with van der Waals surface area (Å²) in [6.07, 6.45) is 0. The summed E-state index contributed by atoms with van der Waals surface area (Å²) in [4.78, 5) is 10.0. The van der Waals surface area contributed by atoms with Crippen molar-refractivity contribution in [1.82, 2.24) is 0 Å². The molecule has 0 aromatic heterocycles. The Bertz CT molecular complexity index is 119. The second kappa shape index (κ2) is 3.75. The van der Waals surface area contributed by atoms with Gasteiger partial charge in [0.1, 0.15) is 0 Å². The minimum Gasteiger partial charge on any atom is -0.413 e. The van der Waals surface area contributed by atoms with E-state index in [1.54, 1.807) is 0 Å². The third kappa shape index (κ3) is 3.96. The van der Waals surface area contributed by atoms with Crippen molar-refractivity contribution < 1.29 is 9.53 Å². The third-order valence-electron chi connectivity index (χ3n) is 0.327. The monoisotopic (exact) mass is 154 g/mol. The van der Waals surface area contributed by atoms with Crippen LogP contribution in [0.15, 0.2) is 10.8 Å². The van der Waals surface area contributed by atoms with Crippen molar-refractivity contribution in [1.29, 1.82) is 0 Å². The van der Waals surface area contributed by atoms with Crippen molar-refractivity contribution in [2.24, 2.45) is 0 Å². The summed E-state index contributed by atoms with van der Waals surface area (Å²) < 4.78 is 4.26. The van der Waals surface area contributed by atoms with E-state index in [2.05, 4.69) is 4.74 Å². The van der Waals surface area contributed by atoms with Gasteiger partial charge in [-0.15, -0.1) is 0 Å². The second-order valence-electron chi connectivity index (χ2n) is 1.01. The smallest absolute Gasteiger partial charge is 0.308 e. The SMILES string of the molecule is CC(=O)OC(Cl)=CCl. The molecule has 0 fully saturated rings. The van der Waals surface area contributed by atoms with E-state index in [4.69, 9.17) is 23.2 Å². The number of hydrogen-bond acceptors (Lipinski definition) is 2. The van der Waals surface area contributed by atoms with Gasteiger partial charge in [0.25, 0.3) is 0 Å². The van der Waals surface area contributed by atoms with E-state index in [0.717, 1.165) is 5.54 Å². The maximum atomic E-state index is 10.0. The fourth-order valence-corrected chi connectivity index (χ4v) is 0.313. The third-order valence-corrected chi connectivity index (χ3v) is 0.823. The van der Waals surface area contributed by atoms with Crippen molar-refractivity contribution in [2.75, 3.05) is 0 Å². The highest BCUT2D eigenvalue weighted by atomic mass is 35.5. The van der Waals surface area contributed by atoms with Gasteiger partial charge >= 0.3 is 5.97 Å². The molecular formula is C4H4Cl2O2. The average Bonchev–Trinajstić information content (AvgIpc) is 1.65. The summed E-state index contributed by atoms with van der Waals surface area (Å²) >= 11 is 10.2. The van der Waals surface area contributed by atoms with Crippen LogP contribution in [0.2, 0.25) is 0 Å². The molecule has 8 heavy (non-hydrogen) atoms. The topological polar surface area (TPSA) is 26.3 Å². The van der Waals surface area contributed by atoms with Crippen LogP contribution >= 0.6 is 23.2 Å². The van der Waals surface area contributed by atoms with Crippen molar-refractivity contribution >= 4 is 29.2 Å². The first-order valence-corrected chi connectivity index (χ1v) is 2.62. The lowest BCUT2D eigenvalue weighted by Gasteiger charge is -1.92. The Morgan fingerprint density at radius 1 is 1.75 bits per heavy atom. The van der Waals surface area contributed by atoms with Gasteiger partial charge in [-0.05, 0) is 11.6 Å². The molecule has 0 aliphatic carbocycles. The quantitative estimate of drug-likeness (QED) is 0.426. The molecule has 0 N–H and O–H groups in total. The molecule has 2 nitrogen and oxygen atoms in total. The van der Waals surface area contributed by atoms with E-state index in [-0.39, 0.29) is 5.22 Å². The fourth-order valence-electron chi connectivity index (χ4n) is 0.160. The Hall–Kier alpha value is -0.210. The lowest BCUT2D eigenvalue weighted by atomic mass is 10.8. The van der Waals surface area contributed by atoms with Crippen LogP contribution in [0, 0.1) is 0 Å². The molecule has 0 bridgehead atoms. The van der Waals surface area contributed by atoms with Crippen molar-refractivity contribution in [3.05, 3.63) is 10.8 Å². The Labute approximate surface area is 57.0 Å². The molecule has 0 rings (SSSR count). The first-order chi connectivity index (χ1) is 3.66. The van der Waals surface area contributed by atoms with Crippen LogP contribution in [0.25, 0.3) is 0 Å². The molecule has 0 heterocycles. The van der Waals surface area contributed by atoms with Gasteiger partial charge in [0.05, 0.1) is 5.54 Å². The summed E-state index contributed by atoms with van der Waals surface area (Å²) in [6, 6.07) is 0. The molecule has 46 valence electrons. The fraction of sp³-hybridized carbons (Fsp3) is 0.250. The number of carbonyl (C=O) groups is 1. The van der Waals surface area contributed by atoms with Crippen LogP contribution in [0.5, 0.6) is 0 Å². The van der Waals surface area contributed by atoms with Gasteiger partial charge in [0, 0.05) is 6.92 Å². The predicted molar refractivity (Wildman–Crippen MR) is 31.6 cm³/mol. The highest BCUT2D eigenvalue weighted by Gasteiger charge is 1.93. The van der Waals surface area contributed by atoms with Gasteiger partial charge in [-0.2, -0.15) is 0 Å². The van der Waals surface area contributed by atoms with Gasteiger partial charge < -0.3 is 4.74 Å². The van der Waals surface area contributed by atoms with Crippen LogP contribution in [-0.4, -0.2) is 5.97 Å². The Balaban J connectivity index is 3.56. The van der Waals surface area contributed by atoms with Crippen molar-refractivity contribution in [2.45, 2.75) is 6.92 Å². The largest absolute Gasteiger partial charge is 0.413 e. The molecule has 0 aliphatic heterocycles. The van der Waals surface area contributed by atoms with E-state index in [1.807, 2.05) is 0 Å². The average molecular weight is 155 g/mol. The molecule has 0 spiro atoms. The van der Waals surface area contributed by atoms with Crippen LogP contribution in [0.3, 0.4) is 0 Å². The zero-order valence-corrected chi connectivity index (χ0v) is 5.66. The molecule has 0 amide bonds.